The maximum absolute atomic E-state index is 14.0. The van der Waals surface area contributed by atoms with E-state index in [0.717, 1.165) is 33.3 Å². The monoisotopic (exact) mass is 616 g/mol. The minimum absolute atomic E-state index is 0.199. The Kier molecular flexibility index (Phi) is 8.80. The Morgan fingerprint density at radius 2 is 1.79 bits per heavy atom. The van der Waals surface area contributed by atoms with Gasteiger partial charge < -0.3 is 15.0 Å². The third-order valence-electron chi connectivity index (χ3n) is 8.17. The molecule has 1 heterocycles. The predicted octanol–water partition coefficient (Wildman–Crippen LogP) is 6.29. The average Bonchev–Trinajstić information content (AvgIpc) is 3.68. The number of aliphatic hydroxyl groups is 1. The minimum Gasteiger partial charge on any atom is -0.550 e. The van der Waals surface area contributed by atoms with Crippen molar-refractivity contribution in [1.29, 1.82) is 0 Å². The van der Waals surface area contributed by atoms with Crippen LogP contribution < -0.4 is 5.11 Å². The summed E-state index contributed by atoms with van der Waals surface area (Å²) in [6.45, 7) is 3.43. The molecule has 0 aliphatic heterocycles. The van der Waals surface area contributed by atoms with Gasteiger partial charge in [-0.25, -0.2) is 13.4 Å². The number of hydrogen-bond donors (Lipinski definition) is 1. The van der Waals surface area contributed by atoms with Crippen molar-refractivity contribution in [2.45, 2.75) is 56.8 Å². The number of rotatable bonds is 12. The van der Waals surface area contributed by atoms with E-state index in [1.165, 1.54) is 0 Å². The fraction of sp³-hybridized carbons (Fsp3) is 0.314. The summed E-state index contributed by atoms with van der Waals surface area (Å²) in [5.74, 6) is -1.42. The molecule has 6 nitrogen and oxygen atoms in total. The summed E-state index contributed by atoms with van der Waals surface area (Å²) < 4.78 is 28.0. The zero-order valence-electron chi connectivity index (χ0n) is 24.3. The number of pyridine rings is 1. The summed E-state index contributed by atoms with van der Waals surface area (Å²) in [6.07, 6.45) is 5.35. The van der Waals surface area contributed by atoms with Gasteiger partial charge in [0, 0.05) is 16.4 Å². The molecule has 1 aromatic heterocycles. The van der Waals surface area contributed by atoms with Gasteiger partial charge in [-0.1, -0.05) is 78.3 Å². The maximum Gasteiger partial charge on any atom is 0.157 e. The highest BCUT2D eigenvalue weighted by molar-refractivity contribution is 7.91. The molecular formula is C35H35ClNO5S-. The third-order valence-corrected chi connectivity index (χ3v) is 10.8. The summed E-state index contributed by atoms with van der Waals surface area (Å²) in [7, 11) is -3.75. The fourth-order valence-corrected chi connectivity index (χ4v) is 8.45. The molecule has 8 heteroatoms. The third kappa shape index (κ3) is 7.71. The van der Waals surface area contributed by atoms with Gasteiger partial charge in [0.15, 0.2) is 9.84 Å². The average molecular weight is 617 g/mol. The Labute approximate surface area is 258 Å². The number of carboxylic acid groups (broad SMARTS) is 1. The molecule has 1 fully saturated rings. The number of halogens is 1. The van der Waals surface area contributed by atoms with Crippen LogP contribution in [-0.2, 0) is 26.7 Å². The topological polar surface area (TPSA) is 107 Å². The summed E-state index contributed by atoms with van der Waals surface area (Å²) in [5, 5.41) is 22.9. The zero-order valence-corrected chi connectivity index (χ0v) is 25.9. The van der Waals surface area contributed by atoms with E-state index in [4.69, 9.17) is 11.6 Å². The van der Waals surface area contributed by atoms with Crippen molar-refractivity contribution in [2.75, 3.05) is 5.75 Å². The van der Waals surface area contributed by atoms with Crippen LogP contribution in [0.5, 0.6) is 0 Å². The number of carboxylic acids is 1. The first-order chi connectivity index (χ1) is 20.3. The first-order valence-corrected chi connectivity index (χ1v) is 16.5. The highest BCUT2D eigenvalue weighted by Crippen LogP contribution is 2.51. The smallest absolute Gasteiger partial charge is 0.157 e. The standard InChI is InChI=1S/C35H36ClNO5S/c1-34(2,40)30-9-4-3-7-25(30)13-17-32(43(41,42)23-35(18-19-35)22-33(38)39)27-8-5-6-24(20-27)10-15-29-16-12-26-11-14-28(36)21-31(26)37-29/h3-12,14-16,20-21,32,40H,13,17-19,22-23H2,1-2H3,(H,38,39)/p-1/b15-10+/t32-/m0/s1. The number of nitrogens with zero attached hydrogens (tertiary/aromatic N) is 1. The van der Waals surface area contributed by atoms with Crippen LogP contribution in [0.25, 0.3) is 23.1 Å². The quantitative estimate of drug-likeness (QED) is 0.200. The van der Waals surface area contributed by atoms with E-state index in [9.17, 15) is 23.4 Å². The number of aliphatic carboxylic acids is 1. The second kappa shape index (κ2) is 12.2. The number of aryl methyl sites for hydroxylation is 1. The first kappa shape index (κ1) is 30.9. The Hall–Kier alpha value is -3.52. The molecule has 4 aromatic rings. The van der Waals surface area contributed by atoms with Crippen molar-refractivity contribution in [3.8, 4) is 0 Å². The molecule has 0 radical (unpaired) electrons. The molecule has 0 bridgehead atoms. The lowest BCUT2D eigenvalue weighted by Crippen LogP contribution is -2.31. The van der Waals surface area contributed by atoms with Gasteiger partial charge in [0.2, 0.25) is 0 Å². The lowest BCUT2D eigenvalue weighted by molar-refractivity contribution is -0.307. The lowest BCUT2D eigenvalue weighted by Gasteiger charge is -2.25. The normalized spacial score (nSPS) is 15.5. The second-order valence-corrected chi connectivity index (χ2v) is 14.8. The van der Waals surface area contributed by atoms with Gasteiger partial charge in [0.05, 0.1) is 27.8 Å². The molecule has 224 valence electrons. The highest BCUT2D eigenvalue weighted by Gasteiger charge is 2.47. The van der Waals surface area contributed by atoms with Gasteiger partial charge in [-0.3, -0.25) is 0 Å². The van der Waals surface area contributed by atoms with Gasteiger partial charge in [-0.05, 0) is 97.9 Å². The second-order valence-electron chi connectivity index (χ2n) is 12.2. The molecule has 1 aliphatic rings. The molecule has 0 amide bonds. The summed E-state index contributed by atoms with van der Waals surface area (Å²) in [4.78, 5) is 16.1. The molecule has 3 aromatic carbocycles. The van der Waals surface area contributed by atoms with Crippen molar-refractivity contribution in [3.63, 3.8) is 0 Å². The van der Waals surface area contributed by atoms with E-state index in [0.29, 0.717) is 29.8 Å². The van der Waals surface area contributed by atoms with Crippen molar-refractivity contribution in [2.24, 2.45) is 5.41 Å². The number of aromatic nitrogens is 1. The van der Waals surface area contributed by atoms with Crippen LogP contribution >= 0.6 is 11.6 Å². The van der Waals surface area contributed by atoms with E-state index in [2.05, 4.69) is 4.98 Å². The molecular weight excluding hydrogens is 582 g/mol. The number of sulfone groups is 1. The number of carbonyl (C=O) groups is 1. The SMILES string of the molecule is CC(C)(O)c1ccccc1CC[C@@H](c1cccc(/C=C/c2ccc3ccc(Cl)cc3n2)c1)S(=O)(=O)CC1(CC(=O)[O-])CC1. The number of fused-ring (bicyclic) bond motifs is 1. The molecule has 0 spiro atoms. The van der Waals surface area contributed by atoms with Crippen molar-refractivity contribution < 1.29 is 23.4 Å². The number of benzene rings is 3. The first-order valence-electron chi connectivity index (χ1n) is 14.4. The predicted molar refractivity (Wildman–Crippen MR) is 170 cm³/mol. The zero-order chi connectivity index (χ0) is 30.8. The van der Waals surface area contributed by atoms with Crippen LogP contribution in [0.15, 0.2) is 78.9 Å². The Morgan fingerprint density at radius 3 is 2.51 bits per heavy atom. The van der Waals surface area contributed by atoms with Crippen molar-refractivity contribution in [3.05, 3.63) is 112 Å². The van der Waals surface area contributed by atoms with E-state index >= 15 is 0 Å². The van der Waals surface area contributed by atoms with Gasteiger partial charge >= 0.3 is 0 Å². The van der Waals surface area contributed by atoms with Crippen LogP contribution in [0.4, 0.5) is 0 Å². The largest absolute Gasteiger partial charge is 0.550 e. The van der Waals surface area contributed by atoms with Crippen LogP contribution in [0.2, 0.25) is 5.02 Å². The molecule has 1 aliphatic carbocycles. The summed E-state index contributed by atoms with van der Waals surface area (Å²) >= 11 is 6.14. The summed E-state index contributed by atoms with van der Waals surface area (Å²) in [5.41, 5.74) is 2.78. The van der Waals surface area contributed by atoms with E-state index < -0.39 is 32.1 Å². The van der Waals surface area contributed by atoms with Gasteiger partial charge in [0.25, 0.3) is 0 Å². The van der Waals surface area contributed by atoms with E-state index in [1.54, 1.807) is 13.8 Å². The van der Waals surface area contributed by atoms with E-state index in [1.807, 2.05) is 91.0 Å². The Balaban J connectivity index is 1.45. The van der Waals surface area contributed by atoms with E-state index in [-0.39, 0.29) is 18.6 Å². The minimum atomic E-state index is -3.75. The van der Waals surface area contributed by atoms with Gasteiger partial charge in [0.1, 0.15) is 0 Å². The Morgan fingerprint density at radius 1 is 1.05 bits per heavy atom. The lowest BCUT2D eigenvalue weighted by atomic mass is 9.90. The number of hydrogen-bond acceptors (Lipinski definition) is 6. The Bertz CT molecular complexity index is 1790. The molecule has 1 N–H and O–H groups in total. The fourth-order valence-electron chi connectivity index (χ4n) is 5.80. The van der Waals surface area contributed by atoms with Crippen molar-refractivity contribution in [1.82, 2.24) is 4.98 Å². The van der Waals surface area contributed by atoms with Crippen LogP contribution in [0, 0.1) is 5.41 Å². The van der Waals surface area contributed by atoms with Gasteiger partial charge in [-0.2, -0.15) is 0 Å². The van der Waals surface area contributed by atoms with Crippen LogP contribution in [0.3, 0.4) is 0 Å². The molecule has 0 unspecified atom stereocenters. The molecule has 5 rings (SSSR count). The maximum atomic E-state index is 14.0. The molecule has 1 atom stereocenters. The molecule has 1 saturated carbocycles. The number of carbonyl (C=O) groups excluding carboxylic acids is 1. The molecule has 43 heavy (non-hydrogen) atoms. The van der Waals surface area contributed by atoms with Crippen LogP contribution in [-0.4, -0.2) is 30.2 Å². The van der Waals surface area contributed by atoms with Crippen LogP contribution in [0.1, 0.15) is 72.7 Å². The van der Waals surface area contributed by atoms with Gasteiger partial charge in [-0.15, -0.1) is 0 Å². The molecule has 0 saturated heterocycles. The summed E-state index contributed by atoms with van der Waals surface area (Å²) in [6, 6.07) is 24.4. The van der Waals surface area contributed by atoms with Crippen molar-refractivity contribution >= 4 is 50.5 Å². The highest BCUT2D eigenvalue weighted by atomic mass is 35.5.